The maximum Gasteiger partial charge on any atom is 0.0780 e. The van der Waals surface area contributed by atoms with Crippen molar-refractivity contribution in [2.75, 3.05) is 0 Å². The van der Waals surface area contributed by atoms with E-state index in [1.807, 2.05) is 91.5 Å². The summed E-state index contributed by atoms with van der Waals surface area (Å²) in [5, 5.41) is 4.55. The van der Waals surface area contributed by atoms with E-state index in [0.29, 0.717) is 0 Å². The smallest absolute Gasteiger partial charge is 0.0780 e. The molecule has 19 aromatic rings. The minimum absolute atomic E-state index is 0.906. The predicted octanol–water partition coefficient (Wildman–Crippen LogP) is 25.4. The summed E-state index contributed by atoms with van der Waals surface area (Å²) in [7, 11) is 0. The van der Waals surface area contributed by atoms with Crippen LogP contribution in [0.1, 0.15) is 0 Å². The maximum absolute atomic E-state index is 5.06. The van der Waals surface area contributed by atoms with Gasteiger partial charge in [-0.05, 0) is 163 Å². The molecule has 0 unspecified atom stereocenters. The van der Waals surface area contributed by atoms with E-state index in [1.54, 1.807) is 12.4 Å². The summed E-state index contributed by atoms with van der Waals surface area (Å²) in [5.41, 5.74) is 30.7. The summed E-state index contributed by atoms with van der Waals surface area (Å²) in [5.74, 6) is 0. The van der Waals surface area contributed by atoms with Crippen LogP contribution in [0.5, 0.6) is 0 Å². The molecule has 19 rings (SSSR count). The van der Waals surface area contributed by atoms with Gasteiger partial charge < -0.3 is 0 Å². The summed E-state index contributed by atoms with van der Waals surface area (Å²) in [6, 6.07) is 129. The molecule has 0 bridgehead atoms. The molecule has 7 nitrogen and oxygen atoms in total. The topological polar surface area (TPSA) is 90.2 Å². The van der Waals surface area contributed by atoms with Crippen LogP contribution in [0.2, 0.25) is 0 Å². The molecule has 0 spiro atoms. The van der Waals surface area contributed by atoms with Crippen LogP contribution in [0.15, 0.2) is 407 Å². The molecule has 498 valence electrons. The van der Waals surface area contributed by atoms with Crippen LogP contribution < -0.4 is 0 Å². The molecule has 0 saturated heterocycles. The Kier molecular flexibility index (Phi) is 18.5. The number of nitrogens with zero attached hydrogens (tertiary/aromatic N) is 7. The molecule has 7 aromatic heterocycles. The van der Waals surface area contributed by atoms with Crippen molar-refractivity contribution in [2.24, 2.45) is 0 Å². The summed E-state index contributed by atoms with van der Waals surface area (Å²) in [4.78, 5) is 33.0. The molecule has 0 atom stereocenters. The van der Waals surface area contributed by atoms with Crippen molar-refractivity contribution in [3.05, 3.63) is 407 Å². The van der Waals surface area contributed by atoms with Crippen molar-refractivity contribution >= 4 is 43.6 Å². The zero-order valence-corrected chi connectivity index (χ0v) is 57.8. The highest BCUT2D eigenvalue weighted by atomic mass is 14.7. The number of benzene rings is 12. The van der Waals surface area contributed by atoms with E-state index in [4.69, 9.17) is 19.9 Å². The number of pyridine rings is 7. The van der Waals surface area contributed by atoms with E-state index in [1.165, 1.54) is 50.1 Å². The van der Waals surface area contributed by atoms with E-state index in [9.17, 15) is 0 Å². The second kappa shape index (κ2) is 30.1. The minimum atomic E-state index is 0.906. The molecule has 0 aliphatic rings. The predicted molar refractivity (Wildman–Crippen MR) is 439 cm³/mol. The molecule has 12 aromatic carbocycles. The highest BCUT2D eigenvalue weighted by Crippen LogP contribution is 2.40. The van der Waals surface area contributed by atoms with Crippen LogP contribution in [-0.4, -0.2) is 34.9 Å². The standard InChI is InChI=1S/C36H24N2.C32H22N2.C31H21N3/c1-3-9-25(10-4-1)30-20-21-34-33(23-30)32(24-35(38-34)28-11-5-2-6-12-28)27-18-16-26(17-19-27)31-15-7-13-29-14-8-22-37-36(29)31;1-3-8-23(9-4-1)27-17-18-31-30(20-27)29(21-32(34-31)26-10-5-2-6-11-26)25-15-13-24(14-16-25)28-12-7-19-33-22-28;1-3-8-22(9-4-1)24-13-16-30-28(18-24)27(19-31(34-30)23-10-5-2-6-11-23)25-14-15-29(33-21-25)26-12-7-17-32-20-26/h1-24H;1-22H;1-21H. The van der Waals surface area contributed by atoms with Gasteiger partial charge in [-0.25, -0.2) is 15.0 Å². The molecule has 0 aliphatic carbocycles. The largest absolute Gasteiger partial charge is 0.264 e. The third-order valence-corrected chi connectivity index (χ3v) is 19.3. The van der Waals surface area contributed by atoms with Gasteiger partial charge in [-0.2, -0.15) is 0 Å². The van der Waals surface area contributed by atoms with Crippen LogP contribution >= 0.6 is 0 Å². The Bertz CT molecular complexity index is 5980. The van der Waals surface area contributed by atoms with Crippen LogP contribution in [0, 0.1) is 0 Å². The van der Waals surface area contributed by atoms with E-state index in [0.717, 1.165) is 128 Å². The Morgan fingerprint density at radius 3 is 0.896 bits per heavy atom. The number of hydrogen-bond acceptors (Lipinski definition) is 7. The fourth-order valence-electron chi connectivity index (χ4n) is 13.9. The lowest BCUT2D eigenvalue weighted by Gasteiger charge is -2.13. The first-order chi connectivity index (χ1) is 52.5. The van der Waals surface area contributed by atoms with Crippen molar-refractivity contribution in [2.45, 2.75) is 0 Å². The average Bonchev–Trinajstić information content (AvgIpc) is 0.795. The summed E-state index contributed by atoms with van der Waals surface area (Å²) >= 11 is 0. The van der Waals surface area contributed by atoms with Crippen molar-refractivity contribution in [1.82, 2.24) is 34.9 Å². The first-order valence-corrected chi connectivity index (χ1v) is 35.5. The van der Waals surface area contributed by atoms with Gasteiger partial charge in [0.1, 0.15) is 0 Å². The van der Waals surface area contributed by atoms with Crippen LogP contribution in [0.4, 0.5) is 0 Å². The number of para-hydroxylation sites is 1. The van der Waals surface area contributed by atoms with Gasteiger partial charge in [0, 0.05) is 92.1 Å². The van der Waals surface area contributed by atoms with Gasteiger partial charge >= 0.3 is 0 Å². The zero-order valence-electron chi connectivity index (χ0n) is 57.8. The molecule has 0 aliphatic heterocycles. The molecule has 106 heavy (non-hydrogen) atoms. The Morgan fingerprint density at radius 1 is 0.170 bits per heavy atom. The monoisotopic (exact) mass is 1350 g/mol. The number of rotatable bonds is 12. The third-order valence-electron chi connectivity index (χ3n) is 19.3. The average molecular weight is 1350 g/mol. The molecule has 0 amide bonds. The van der Waals surface area contributed by atoms with Gasteiger partial charge in [-0.3, -0.25) is 19.9 Å². The fraction of sp³-hybridized carbons (Fsp3) is 0. The molecule has 0 radical (unpaired) electrons. The van der Waals surface area contributed by atoms with Crippen LogP contribution in [0.25, 0.3) is 178 Å². The van der Waals surface area contributed by atoms with Gasteiger partial charge in [-0.1, -0.05) is 285 Å². The summed E-state index contributed by atoms with van der Waals surface area (Å²) < 4.78 is 0. The summed E-state index contributed by atoms with van der Waals surface area (Å²) in [6.07, 6.45) is 11.1. The molecule has 7 heteroatoms. The Labute approximate surface area is 616 Å². The van der Waals surface area contributed by atoms with Gasteiger partial charge in [0.15, 0.2) is 0 Å². The van der Waals surface area contributed by atoms with Gasteiger partial charge in [0.05, 0.1) is 44.8 Å². The second-order valence-corrected chi connectivity index (χ2v) is 26.0. The van der Waals surface area contributed by atoms with Crippen molar-refractivity contribution in [3.8, 4) is 134 Å². The molecule has 0 saturated carbocycles. The van der Waals surface area contributed by atoms with E-state index >= 15 is 0 Å². The molecule has 0 N–H and O–H groups in total. The molecular formula is C99H67N7. The first-order valence-electron chi connectivity index (χ1n) is 35.5. The van der Waals surface area contributed by atoms with E-state index in [-0.39, 0.29) is 0 Å². The SMILES string of the molecule is c1ccc(-c2ccc3nc(-c4ccccc4)cc(-c4ccc(-c5cccc6cccnc56)cc4)c3c2)cc1.c1ccc(-c2ccc3nc(-c4ccccc4)cc(-c4ccc(-c5cccnc5)cc4)c3c2)cc1.c1ccc(-c2ccc3nc(-c4ccccc4)cc(-c4ccc(-c5cccnc5)nc4)c3c2)cc1. The lowest BCUT2D eigenvalue weighted by molar-refractivity contribution is 1.28. The van der Waals surface area contributed by atoms with Crippen LogP contribution in [-0.2, 0) is 0 Å². The van der Waals surface area contributed by atoms with Crippen LogP contribution in [0.3, 0.4) is 0 Å². The van der Waals surface area contributed by atoms with E-state index < -0.39 is 0 Å². The Morgan fingerprint density at radius 2 is 0.500 bits per heavy atom. The lowest BCUT2D eigenvalue weighted by Crippen LogP contribution is -1.92. The number of aromatic nitrogens is 7. The quantitative estimate of drug-likeness (QED) is 0.120. The highest BCUT2D eigenvalue weighted by molar-refractivity contribution is 6.03. The van der Waals surface area contributed by atoms with Crippen molar-refractivity contribution in [3.63, 3.8) is 0 Å². The van der Waals surface area contributed by atoms with Gasteiger partial charge in [0.25, 0.3) is 0 Å². The fourth-order valence-corrected chi connectivity index (χ4v) is 13.9. The third kappa shape index (κ3) is 14.1. The Balaban J connectivity index is 0.000000117. The van der Waals surface area contributed by atoms with Gasteiger partial charge in [0.2, 0.25) is 0 Å². The number of hydrogen-bond donors (Lipinski definition) is 0. The molecule has 7 heterocycles. The maximum atomic E-state index is 5.06. The Hall–Kier alpha value is -14.3. The second-order valence-electron chi connectivity index (χ2n) is 26.0. The minimum Gasteiger partial charge on any atom is -0.264 e. The molecule has 0 fully saturated rings. The van der Waals surface area contributed by atoms with Crippen molar-refractivity contribution in [1.29, 1.82) is 0 Å². The number of fused-ring (bicyclic) bond motifs is 4. The van der Waals surface area contributed by atoms with E-state index in [2.05, 4.69) is 318 Å². The zero-order chi connectivity index (χ0) is 70.8. The molecular weight excluding hydrogens is 1290 g/mol. The first kappa shape index (κ1) is 65.1. The normalized spacial score (nSPS) is 11.0. The lowest BCUT2D eigenvalue weighted by atomic mass is 9.94. The van der Waals surface area contributed by atoms with Crippen molar-refractivity contribution < 1.29 is 0 Å². The van der Waals surface area contributed by atoms with Gasteiger partial charge in [-0.15, -0.1) is 0 Å². The summed E-state index contributed by atoms with van der Waals surface area (Å²) in [6.45, 7) is 0. The highest BCUT2D eigenvalue weighted by Gasteiger charge is 2.17.